The van der Waals surface area contributed by atoms with Crippen molar-refractivity contribution in [3.8, 4) is 0 Å². The number of imide groups is 1. The summed E-state index contributed by atoms with van der Waals surface area (Å²) in [5, 5.41) is 2.14. The number of likely N-dealkylation sites (N-methyl/N-ethyl adjacent to an activating group) is 1. The largest absolute Gasteiger partial charge is 0.325 e. The molecule has 0 aromatic carbocycles. The van der Waals surface area contributed by atoms with Crippen molar-refractivity contribution in [3.63, 3.8) is 0 Å². The molecule has 1 aromatic heterocycles. The van der Waals surface area contributed by atoms with Gasteiger partial charge >= 0.3 is 6.03 Å². The number of urea groups is 1. The van der Waals surface area contributed by atoms with Crippen LogP contribution in [0.15, 0.2) is 24.5 Å². The van der Waals surface area contributed by atoms with Gasteiger partial charge in [-0.2, -0.15) is 0 Å². The van der Waals surface area contributed by atoms with Gasteiger partial charge in [-0.1, -0.05) is 0 Å². The standard InChI is InChI=1S/C10H11N3O2S/c1-13-9(14)8(12-10(13)15)16-6-7-2-4-11-5-3-7/h2-5,8H,6H2,1H3,(H,12,15). The van der Waals surface area contributed by atoms with E-state index in [4.69, 9.17) is 0 Å². The van der Waals surface area contributed by atoms with Crippen molar-refractivity contribution in [2.45, 2.75) is 11.1 Å². The van der Waals surface area contributed by atoms with Gasteiger partial charge in [-0.25, -0.2) is 4.79 Å². The second-order valence-corrected chi connectivity index (χ2v) is 4.49. The lowest BCUT2D eigenvalue weighted by Crippen LogP contribution is -2.25. The summed E-state index contributed by atoms with van der Waals surface area (Å²) in [6.07, 6.45) is 3.41. The number of pyridine rings is 1. The van der Waals surface area contributed by atoms with Crippen molar-refractivity contribution in [1.29, 1.82) is 0 Å². The predicted octanol–water partition coefficient (Wildman–Crippen LogP) is 0.823. The van der Waals surface area contributed by atoms with E-state index >= 15 is 0 Å². The molecule has 1 aliphatic rings. The minimum Gasteiger partial charge on any atom is -0.317 e. The first-order valence-electron chi connectivity index (χ1n) is 4.77. The van der Waals surface area contributed by atoms with Crippen LogP contribution in [0.25, 0.3) is 0 Å². The minimum absolute atomic E-state index is 0.191. The molecule has 1 N–H and O–H groups in total. The Kier molecular flexibility index (Phi) is 3.09. The fraction of sp³-hybridized carbons (Fsp3) is 0.300. The molecule has 0 aliphatic carbocycles. The summed E-state index contributed by atoms with van der Waals surface area (Å²) in [5.74, 6) is 0.483. The van der Waals surface area contributed by atoms with Gasteiger partial charge in [0.25, 0.3) is 5.91 Å². The van der Waals surface area contributed by atoms with Gasteiger partial charge in [0.2, 0.25) is 0 Å². The van der Waals surface area contributed by atoms with E-state index in [0.29, 0.717) is 5.75 Å². The molecule has 0 bridgehead atoms. The number of carbonyl (C=O) groups excluding carboxylic acids is 2. The lowest BCUT2D eigenvalue weighted by Gasteiger charge is -2.07. The molecule has 0 radical (unpaired) electrons. The third-order valence-electron chi connectivity index (χ3n) is 2.28. The second-order valence-electron chi connectivity index (χ2n) is 3.39. The predicted molar refractivity (Wildman–Crippen MR) is 60.6 cm³/mol. The number of amides is 3. The van der Waals surface area contributed by atoms with Crippen LogP contribution >= 0.6 is 11.8 Å². The molecule has 1 aromatic rings. The van der Waals surface area contributed by atoms with Gasteiger partial charge < -0.3 is 5.32 Å². The Morgan fingerprint density at radius 1 is 1.44 bits per heavy atom. The summed E-state index contributed by atoms with van der Waals surface area (Å²) in [5.41, 5.74) is 1.08. The maximum atomic E-state index is 11.5. The Hall–Kier alpha value is -1.56. The van der Waals surface area contributed by atoms with Crippen molar-refractivity contribution in [2.75, 3.05) is 7.05 Å². The molecule has 1 atom stereocenters. The van der Waals surface area contributed by atoms with Crippen molar-refractivity contribution in [3.05, 3.63) is 30.1 Å². The number of carbonyl (C=O) groups is 2. The van der Waals surface area contributed by atoms with Crippen molar-refractivity contribution in [2.24, 2.45) is 0 Å². The maximum Gasteiger partial charge on any atom is 0.325 e. The van der Waals surface area contributed by atoms with Crippen LogP contribution in [0.5, 0.6) is 0 Å². The quantitative estimate of drug-likeness (QED) is 0.791. The Labute approximate surface area is 97.2 Å². The van der Waals surface area contributed by atoms with Crippen LogP contribution in [0.2, 0.25) is 0 Å². The van der Waals surface area contributed by atoms with Gasteiger partial charge in [0.15, 0.2) is 5.37 Å². The maximum absolute atomic E-state index is 11.5. The molecule has 3 amide bonds. The highest BCUT2D eigenvalue weighted by molar-refractivity contribution is 7.99. The number of thioether (sulfide) groups is 1. The van der Waals surface area contributed by atoms with E-state index in [9.17, 15) is 9.59 Å². The molecule has 6 heteroatoms. The molecule has 16 heavy (non-hydrogen) atoms. The van der Waals surface area contributed by atoms with Crippen LogP contribution in [-0.4, -0.2) is 34.2 Å². The highest BCUT2D eigenvalue weighted by Crippen LogP contribution is 2.20. The molecule has 1 aliphatic heterocycles. The normalized spacial score (nSPS) is 20.1. The first-order valence-corrected chi connectivity index (χ1v) is 5.82. The van der Waals surface area contributed by atoms with E-state index in [1.54, 1.807) is 12.4 Å². The van der Waals surface area contributed by atoms with Crippen LogP contribution in [0.3, 0.4) is 0 Å². The van der Waals surface area contributed by atoms with Gasteiger partial charge in [-0.05, 0) is 17.7 Å². The SMILES string of the molecule is CN1C(=O)NC(SCc2ccncc2)C1=O. The lowest BCUT2D eigenvalue weighted by atomic mass is 10.3. The molecule has 1 fully saturated rings. The summed E-state index contributed by atoms with van der Waals surface area (Å²) in [6.45, 7) is 0. The summed E-state index contributed by atoms with van der Waals surface area (Å²) in [4.78, 5) is 27.7. The number of hydrogen-bond acceptors (Lipinski definition) is 4. The van der Waals surface area contributed by atoms with E-state index in [2.05, 4.69) is 10.3 Å². The van der Waals surface area contributed by atoms with E-state index < -0.39 is 5.37 Å². The molecule has 2 heterocycles. The first-order chi connectivity index (χ1) is 7.68. The highest BCUT2D eigenvalue weighted by Gasteiger charge is 2.35. The van der Waals surface area contributed by atoms with Gasteiger partial charge in [0.1, 0.15) is 0 Å². The zero-order valence-corrected chi connectivity index (χ0v) is 9.53. The van der Waals surface area contributed by atoms with E-state index in [1.807, 2.05) is 12.1 Å². The average Bonchev–Trinajstić information content (AvgIpc) is 2.56. The number of nitrogens with one attached hydrogen (secondary N) is 1. The number of aromatic nitrogens is 1. The Morgan fingerprint density at radius 2 is 2.12 bits per heavy atom. The van der Waals surface area contributed by atoms with Crippen molar-refractivity contribution in [1.82, 2.24) is 15.2 Å². The molecule has 84 valence electrons. The number of rotatable bonds is 3. The third kappa shape index (κ3) is 2.16. The van der Waals surface area contributed by atoms with Gasteiger partial charge in [0, 0.05) is 25.2 Å². The van der Waals surface area contributed by atoms with Gasteiger partial charge in [0.05, 0.1) is 0 Å². The van der Waals surface area contributed by atoms with Gasteiger partial charge in [-0.3, -0.25) is 14.7 Å². The molecule has 0 spiro atoms. The van der Waals surface area contributed by atoms with Gasteiger partial charge in [-0.15, -0.1) is 11.8 Å². The third-order valence-corrected chi connectivity index (χ3v) is 3.43. The van der Waals surface area contributed by atoms with E-state index in [1.165, 1.54) is 18.8 Å². The number of nitrogens with zero attached hydrogens (tertiary/aromatic N) is 2. The Balaban J connectivity index is 1.92. The number of hydrogen-bond donors (Lipinski definition) is 1. The summed E-state index contributed by atoms with van der Waals surface area (Å²) < 4.78 is 0. The molecular formula is C10H11N3O2S. The molecule has 1 unspecified atom stereocenters. The fourth-order valence-electron chi connectivity index (χ4n) is 1.32. The van der Waals surface area contributed by atoms with Crippen LogP contribution in [0.1, 0.15) is 5.56 Å². The molecule has 0 saturated carbocycles. The zero-order valence-electron chi connectivity index (χ0n) is 8.71. The van der Waals surface area contributed by atoms with Crippen LogP contribution in [0, 0.1) is 0 Å². The van der Waals surface area contributed by atoms with Crippen LogP contribution in [-0.2, 0) is 10.5 Å². The molecule has 2 rings (SSSR count). The monoisotopic (exact) mass is 237 g/mol. The second kappa shape index (κ2) is 4.52. The molecular weight excluding hydrogens is 226 g/mol. The summed E-state index contributed by atoms with van der Waals surface area (Å²) in [7, 11) is 1.48. The molecule has 1 saturated heterocycles. The van der Waals surface area contributed by atoms with Crippen molar-refractivity contribution >= 4 is 23.7 Å². The lowest BCUT2D eigenvalue weighted by molar-refractivity contribution is -0.124. The molecule has 5 nitrogen and oxygen atoms in total. The summed E-state index contributed by atoms with van der Waals surface area (Å²) >= 11 is 1.40. The zero-order chi connectivity index (χ0) is 11.5. The fourth-order valence-corrected chi connectivity index (χ4v) is 2.35. The van der Waals surface area contributed by atoms with E-state index in [0.717, 1.165) is 10.5 Å². The summed E-state index contributed by atoms with van der Waals surface area (Å²) in [6, 6.07) is 3.44. The van der Waals surface area contributed by atoms with Crippen LogP contribution in [0.4, 0.5) is 4.79 Å². The highest BCUT2D eigenvalue weighted by atomic mass is 32.2. The topological polar surface area (TPSA) is 62.3 Å². The Morgan fingerprint density at radius 3 is 2.69 bits per heavy atom. The van der Waals surface area contributed by atoms with E-state index in [-0.39, 0.29) is 11.9 Å². The smallest absolute Gasteiger partial charge is 0.317 e. The first kappa shape index (κ1) is 10.9. The minimum atomic E-state index is -0.467. The van der Waals surface area contributed by atoms with Crippen molar-refractivity contribution < 1.29 is 9.59 Å². The Bertz CT molecular complexity index is 410. The average molecular weight is 237 g/mol. The van der Waals surface area contributed by atoms with Crippen LogP contribution < -0.4 is 5.32 Å².